The number of hydrogen-bond acceptors (Lipinski definition) is 4. The highest BCUT2D eigenvalue weighted by Gasteiger charge is 2.17. The van der Waals surface area contributed by atoms with Crippen LogP contribution in [0.3, 0.4) is 0 Å². The van der Waals surface area contributed by atoms with Gasteiger partial charge in [-0.05, 0) is 50.1 Å². The van der Waals surface area contributed by atoms with Crippen molar-refractivity contribution in [1.29, 1.82) is 0 Å². The number of benzene rings is 2. The van der Waals surface area contributed by atoms with Crippen molar-refractivity contribution in [2.45, 2.75) is 33.3 Å². The summed E-state index contributed by atoms with van der Waals surface area (Å²) in [5.74, 6) is 0.169. The SMILES string of the molecule is CCCOc1ccccc1C(=O)NNC(=O)C(C)Oc1cccc(C)c1. The van der Waals surface area contributed by atoms with E-state index in [1.165, 1.54) is 0 Å². The Kier molecular flexibility index (Phi) is 7.02. The molecule has 0 bridgehead atoms. The predicted octanol–water partition coefficient (Wildman–Crippen LogP) is 3.01. The minimum absolute atomic E-state index is 0.355. The molecule has 0 saturated carbocycles. The van der Waals surface area contributed by atoms with Crippen LogP contribution in [-0.2, 0) is 4.79 Å². The van der Waals surface area contributed by atoms with E-state index in [2.05, 4.69) is 10.9 Å². The molecule has 0 aliphatic rings. The van der Waals surface area contributed by atoms with E-state index in [0.29, 0.717) is 23.7 Å². The molecule has 0 fully saturated rings. The molecule has 0 spiro atoms. The van der Waals surface area contributed by atoms with Crippen molar-refractivity contribution in [2.24, 2.45) is 0 Å². The number of nitrogens with one attached hydrogen (secondary N) is 2. The van der Waals surface area contributed by atoms with E-state index in [1.807, 2.05) is 32.0 Å². The summed E-state index contributed by atoms with van der Waals surface area (Å²) in [5.41, 5.74) is 6.16. The Morgan fingerprint density at radius 3 is 2.58 bits per heavy atom. The van der Waals surface area contributed by atoms with Gasteiger partial charge in [0.05, 0.1) is 12.2 Å². The highest BCUT2D eigenvalue weighted by atomic mass is 16.5. The molecule has 6 heteroatoms. The van der Waals surface area contributed by atoms with Crippen LogP contribution in [0.2, 0.25) is 0 Å². The lowest BCUT2D eigenvalue weighted by molar-refractivity contribution is -0.128. The van der Waals surface area contributed by atoms with Crippen molar-refractivity contribution in [3.05, 3.63) is 59.7 Å². The molecule has 2 rings (SSSR count). The maximum atomic E-state index is 12.3. The second-order valence-corrected chi connectivity index (χ2v) is 5.86. The third kappa shape index (κ3) is 5.51. The van der Waals surface area contributed by atoms with Crippen molar-refractivity contribution < 1.29 is 19.1 Å². The summed E-state index contributed by atoms with van der Waals surface area (Å²) in [4.78, 5) is 24.5. The van der Waals surface area contributed by atoms with E-state index < -0.39 is 17.9 Å². The van der Waals surface area contributed by atoms with Gasteiger partial charge in [0.2, 0.25) is 0 Å². The molecule has 26 heavy (non-hydrogen) atoms. The third-order valence-corrected chi connectivity index (χ3v) is 3.56. The third-order valence-electron chi connectivity index (χ3n) is 3.56. The van der Waals surface area contributed by atoms with Gasteiger partial charge in [-0.1, -0.05) is 31.2 Å². The fourth-order valence-electron chi connectivity index (χ4n) is 2.23. The number of carbonyl (C=O) groups is 2. The number of hydrogen-bond donors (Lipinski definition) is 2. The standard InChI is InChI=1S/C20H24N2O4/c1-4-12-25-18-11-6-5-10-17(18)20(24)22-21-19(23)15(3)26-16-9-7-8-14(2)13-16/h5-11,13,15H,4,12H2,1-3H3,(H,21,23)(H,22,24). The molecule has 2 aromatic carbocycles. The van der Waals surface area contributed by atoms with Gasteiger partial charge in [0.25, 0.3) is 11.8 Å². The fourth-order valence-corrected chi connectivity index (χ4v) is 2.23. The molecule has 1 unspecified atom stereocenters. The molecule has 2 N–H and O–H groups in total. The zero-order valence-electron chi connectivity index (χ0n) is 15.2. The average Bonchev–Trinajstić information content (AvgIpc) is 2.64. The van der Waals surface area contributed by atoms with Crippen LogP contribution in [0.1, 0.15) is 36.2 Å². The molecule has 0 aromatic heterocycles. The van der Waals surface area contributed by atoms with Gasteiger partial charge in [-0.2, -0.15) is 0 Å². The summed E-state index contributed by atoms with van der Waals surface area (Å²) in [6.07, 6.45) is 0.0734. The monoisotopic (exact) mass is 356 g/mol. The summed E-state index contributed by atoms with van der Waals surface area (Å²) in [5, 5.41) is 0. The summed E-state index contributed by atoms with van der Waals surface area (Å²) < 4.78 is 11.1. The quantitative estimate of drug-likeness (QED) is 0.748. The van der Waals surface area contributed by atoms with Crippen LogP contribution in [0.25, 0.3) is 0 Å². The van der Waals surface area contributed by atoms with Gasteiger partial charge < -0.3 is 9.47 Å². The van der Waals surface area contributed by atoms with Crippen molar-refractivity contribution in [3.63, 3.8) is 0 Å². The van der Waals surface area contributed by atoms with Gasteiger partial charge in [-0.15, -0.1) is 0 Å². The van der Waals surface area contributed by atoms with Crippen molar-refractivity contribution in [3.8, 4) is 11.5 Å². The summed E-state index contributed by atoms with van der Waals surface area (Å²) in [6.45, 7) is 6.05. The maximum absolute atomic E-state index is 12.3. The van der Waals surface area contributed by atoms with E-state index in [9.17, 15) is 9.59 Å². The molecular weight excluding hydrogens is 332 g/mol. The molecule has 1 atom stereocenters. The largest absolute Gasteiger partial charge is 0.493 e. The molecule has 138 valence electrons. The van der Waals surface area contributed by atoms with Crippen LogP contribution < -0.4 is 20.3 Å². The topological polar surface area (TPSA) is 76.7 Å². The first-order chi connectivity index (χ1) is 12.5. The van der Waals surface area contributed by atoms with E-state index in [0.717, 1.165) is 12.0 Å². The Labute approximate surface area is 153 Å². The number of aryl methyl sites for hydroxylation is 1. The number of para-hydroxylation sites is 1. The van der Waals surface area contributed by atoms with Crippen molar-refractivity contribution in [1.82, 2.24) is 10.9 Å². The molecule has 0 saturated heterocycles. The number of carbonyl (C=O) groups excluding carboxylic acids is 2. The predicted molar refractivity (Wildman–Crippen MR) is 99.1 cm³/mol. The molecule has 0 aliphatic heterocycles. The van der Waals surface area contributed by atoms with E-state index in [1.54, 1.807) is 37.3 Å². The van der Waals surface area contributed by atoms with E-state index in [4.69, 9.17) is 9.47 Å². The first-order valence-corrected chi connectivity index (χ1v) is 8.56. The zero-order chi connectivity index (χ0) is 18.9. The Balaban J connectivity index is 1.91. The van der Waals surface area contributed by atoms with Gasteiger partial charge in [0, 0.05) is 0 Å². The van der Waals surface area contributed by atoms with E-state index in [-0.39, 0.29) is 0 Å². The summed E-state index contributed by atoms with van der Waals surface area (Å²) in [6, 6.07) is 14.3. The minimum Gasteiger partial charge on any atom is -0.493 e. The molecule has 0 heterocycles. The highest BCUT2D eigenvalue weighted by molar-refractivity contribution is 5.98. The average molecular weight is 356 g/mol. The Morgan fingerprint density at radius 2 is 1.85 bits per heavy atom. The molecule has 0 radical (unpaired) electrons. The second-order valence-electron chi connectivity index (χ2n) is 5.86. The van der Waals surface area contributed by atoms with Crippen LogP contribution >= 0.6 is 0 Å². The van der Waals surface area contributed by atoms with Crippen LogP contribution in [0, 0.1) is 6.92 Å². The van der Waals surface area contributed by atoms with Crippen LogP contribution in [-0.4, -0.2) is 24.5 Å². The van der Waals surface area contributed by atoms with Gasteiger partial charge in [-0.25, -0.2) is 0 Å². The first kappa shape index (κ1) is 19.3. The Morgan fingerprint density at radius 1 is 1.08 bits per heavy atom. The molecule has 2 amide bonds. The van der Waals surface area contributed by atoms with Crippen LogP contribution in [0.4, 0.5) is 0 Å². The van der Waals surface area contributed by atoms with Gasteiger partial charge >= 0.3 is 0 Å². The fraction of sp³-hybridized carbons (Fsp3) is 0.300. The summed E-state index contributed by atoms with van der Waals surface area (Å²) >= 11 is 0. The number of hydrazine groups is 1. The van der Waals surface area contributed by atoms with Crippen molar-refractivity contribution >= 4 is 11.8 Å². The Hall–Kier alpha value is -3.02. The minimum atomic E-state index is -0.760. The lowest BCUT2D eigenvalue weighted by Gasteiger charge is -2.16. The van der Waals surface area contributed by atoms with E-state index >= 15 is 0 Å². The number of rotatable bonds is 7. The normalized spacial score (nSPS) is 11.3. The Bertz CT molecular complexity index is 761. The van der Waals surface area contributed by atoms with Gasteiger partial charge in [0.1, 0.15) is 11.5 Å². The smallest absolute Gasteiger partial charge is 0.279 e. The number of ether oxygens (including phenoxy) is 2. The molecular formula is C20H24N2O4. The second kappa shape index (κ2) is 9.46. The van der Waals surface area contributed by atoms with Crippen LogP contribution in [0.5, 0.6) is 11.5 Å². The first-order valence-electron chi connectivity index (χ1n) is 8.56. The molecule has 0 aliphatic carbocycles. The lowest BCUT2D eigenvalue weighted by atomic mass is 10.2. The van der Waals surface area contributed by atoms with Gasteiger partial charge in [-0.3, -0.25) is 20.4 Å². The van der Waals surface area contributed by atoms with Crippen molar-refractivity contribution in [2.75, 3.05) is 6.61 Å². The molecule has 6 nitrogen and oxygen atoms in total. The highest BCUT2D eigenvalue weighted by Crippen LogP contribution is 2.18. The lowest BCUT2D eigenvalue weighted by Crippen LogP contribution is -2.47. The van der Waals surface area contributed by atoms with Crippen LogP contribution in [0.15, 0.2) is 48.5 Å². The molecule has 2 aromatic rings. The van der Waals surface area contributed by atoms with Gasteiger partial charge in [0.15, 0.2) is 6.10 Å². The summed E-state index contributed by atoms with van der Waals surface area (Å²) in [7, 11) is 0. The zero-order valence-corrected chi connectivity index (χ0v) is 15.2. The maximum Gasteiger partial charge on any atom is 0.279 e. The number of amides is 2.